The zero-order valence-corrected chi connectivity index (χ0v) is 14.9. The third-order valence-corrected chi connectivity index (χ3v) is 5.06. The molecule has 2 N–H and O–H groups in total. The quantitative estimate of drug-likeness (QED) is 0.647. The smallest absolute Gasteiger partial charge is 0.232 e. The van der Waals surface area contributed by atoms with Crippen molar-refractivity contribution < 1.29 is 14.0 Å². The summed E-state index contributed by atoms with van der Waals surface area (Å²) in [6.07, 6.45) is 0.918. The highest BCUT2D eigenvalue weighted by atomic mass is 35.5. The molecule has 0 saturated carbocycles. The Labute approximate surface area is 146 Å². The number of nitrogens with two attached hydrogens (primary N) is 1. The van der Waals surface area contributed by atoms with E-state index in [2.05, 4.69) is 6.92 Å². The van der Waals surface area contributed by atoms with E-state index in [0.717, 1.165) is 13.0 Å². The number of hydrogen-bond donors (Lipinski definition) is 1. The minimum absolute atomic E-state index is 0. The number of amides is 1. The van der Waals surface area contributed by atoms with E-state index in [1.165, 1.54) is 30.8 Å². The molecular formula is C16H22ClFN2O2S. The first kappa shape index (κ1) is 19.9. The molecule has 1 unspecified atom stereocenters. The number of hydrogen-bond acceptors (Lipinski definition) is 4. The largest absolute Gasteiger partial charge is 0.341 e. The predicted molar refractivity (Wildman–Crippen MR) is 92.7 cm³/mol. The van der Waals surface area contributed by atoms with Crippen molar-refractivity contribution in [2.75, 3.05) is 25.4 Å². The maximum absolute atomic E-state index is 13.7. The predicted octanol–water partition coefficient (Wildman–Crippen LogP) is 2.74. The average Bonchev–Trinajstić information content (AvgIpc) is 2.88. The first-order valence-electron chi connectivity index (χ1n) is 7.26. The minimum Gasteiger partial charge on any atom is -0.341 e. The molecule has 1 aliphatic rings. The zero-order chi connectivity index (χ0) is 16.3. The molecule has 0 aromatic heterocycles. The molecule has 0 spiro atoms. The molecule has 0 bridgehead atoms. The monoisotopic (exact) mass is 360 g/mol. The van der Waals surface area contributed by atoms with Crippen LogP contribution >= 0.6 is 24.2 Å². The van der Waals surface area contributed by atoms with Gasteiger partial charge in [0.1, 0.15) is 5.82 Å². The van der Waals surface area contributed by atoms with E-state index in [9.17, 15) is 14.0 Å². The lowest BCUT2D eigenvalue weighted by Crippen LogP contribution is -2.35. The highest BCUT2D eigenvalue weighted by molar-refractivity contribution is 8.00. The van der Waals surface area contributed by atoms with Crippen molar-refractivity contribution >= 4 is 35.9 Å². The fourth-order valence-electron chi connectivity index (χ4n) is 2.51. The van der Waals surface area contributed by atoms with Crippen LogP contribution in [0.3, 0.4) is 0 Å². The summed E-state index contributed by atoms with van der Waals surface area (Å²) in [4.78, 5) is 25.9. The average molecular weight is 361 g/mol. The lowest BCUT2D eigenvalue weighted by Gasteiger charge is -2.22. The maximum Gasteiger partial charge on any atom is 0.232 e. The van der Waals surface area contributed by atoms with Gasteiger partial charge in [-0.2, -0.15) is 0 Å². The number of Topliss-reactive ketones (excluding diaryl/α,β-unsaturated/α-hetero) is 1. The van der Waals surface area contributed by atoms with Crippen molar-refractivity contribution in [3.63, 3.8) is 0 Å². The summed E-state index contributed by atoms with van der Waals surface area (Å²) in [5.74, 6) is -0.539. The standard InChI is InChI=1S/C16H21FN2O2S.ClH/c1-11(20)13-4-3-12(7-14(13)17)22-8-15(21)19-6-5-16(2,9-18)10-19;/h3-4,7H,5-6,8-10,18H2,1-2H3;1H. The van der Waals surface area contributed by atoms with E-state index in [4.69, 9.17) is 5.73 Å². The molecule has 1 aliphatic heterocycles. The van der Waals surface area contributed by atoms with Crippen molar-refractivity contribution in [3.05, 3.63) is 29.6 Å². The van der Waals surface area contributed by atoms with E-state index in [0.29, 0.717) is 18.0 Å². The van der Waals surface area contributed by atoms with Crippen LogP contribution in [0.1, 0.15) is 30.6 Å². The second kappa shape index (κ2) is 8.13. The van der Waals surface area contributed by atoms with E-state index in [1.807, 2.05) is 4.90 Å². The third-order valence-electron chi connectivity index (χ3n) is 4.09. The van der Waals surface area contributed by atoms with Crippen LogP contribution in [0.15, 0.2) is 23.1 Å². The van der Waals surface area contributed by atoms with Crippen LogP contribution in [0.5, 0.6) is 0 Å². The molecule has 1 saturated heterocycles. The summed E-state index contributed by atoms with van der Waals surface area (Å²) in [5, 5.41) is 0. The molecule has 7 heteroatoms. The topological polar surface area (TPSA) is 63.4 Å². The van der Waals surface area contributed by atoms with Gasteiger partial charge in [-0.15, -0.1) is 24.2 Å². The summed E-state index contributed by atoms with van der Waals surface area (Å²) in [6.45, 7) is 5.40. The van der Waals surface area contributed by atoms with Gasteiger partial charge in [-0.25, -0.2) is 4.39 Å². The van der Waals surface area contributed by atoms with E-state index in [-0.39, 0.29) is 40.8 Å². The molecule has 4 nitrogen and oxygen atoms in total. The van der Waals surface area contributed by atoms with Gasteiger partial charge in [0.25, 0.3) is 0 Å². The fourth-order valence-corrected chi connectivity index (χ4v) is 3.33. The molecule has 1 heterocycles. The number of benzene rings is 1. The Morgan fingerprint density at radius 2 is 2.13 bits per heavy atom. The molecule has 1 amide bonds. The number of rotatable bonds is 5. The highest BCUT2D eigenvalue weighted by Crippen LogP contribution is 2.29. The van der Waals surface area contributed by atoms with Crippen LogP contribution in [0.25, 0.3) is 0 Å². The van der Waals surface area contributed by atoms with Gasteiger partial charge in [-0.05, 0) is 43.5 Å². The van der Waals surface area contributed by atoms with Crippen molar-refractivity contribution in [3.8, 4) is 0 Å². The zero-order valence-electron chi connectivity index (χ0n) is 13.3. The van der Waals surface area contributed by atoms with Gasteiger partial charge in [0.2, 0.25) is 5.91 Å². The van der Waals surface area contributed by atoms with Gasteiger partial charge in [-0.1, -0.05) is 6.92 Å². The number of thioether (sulfide) groups is 1. The van der Waals surface area contributed by atoms with Gasteiger partial charge in [0.15, 0.2) is 5.78 Å². The Balaban J connectivity index is 0.00000264. The molecular weight excluding hydrogens is 339 g/mol. The molecule has 1 atom stereocenters. The van der Waals surface area contributed by atoms with Gasteiger partial charge in [-0.3, -0.25) is 9.59 Å². The van der Waals surface area contributed by atoms with Crippen molar-refractivity contribution in [1.29, 1.82) is 0 Å². The Morgan fingerprint density at radius 3 is 2.65 bits per heavy atom. The number of carbonyl (C=O) groups excluding carboxylic acids is 2. The first-order chi connectivity index (χ1) is 10.3. The third kappa shape index (κ3) is 4.93. The van der Waals surface area contributed by atoms with Crippen molar-refractivity contribution in [2.45, 2.75) is 25.2 Å². The lowest BCUT2D eigenvalue weighted by molar-refractivity contribution is -0.127. The Morgan fingerprint density at radius 1 is 1.43 bits per heavy atom. The minimum atomic E-state index is -0.540. The molecule has 23 heavy (non-hydrogen) atoms. The van der Waals surface area contributed by atoms with E-state index in [1.54, 1.807) is 6.07 Å². The maximum atomic E-state index is 13.7. The summed E-state index contributed by atoms with van der Waals surface area (Å²) >= 11 is 1.28. The molecule has 128 valence electrons. The van der Waals surface area contributed by atoms with Gasteiger partial charge in [0, 0.05) is 18.0 Å². The molecule has 1 aromatic carbocycles. The second-order valence-corrected chi connectivity index (χ2v) is 7.12. The lowest BCUT2D eigenvalue weighted by atomic mass is 9.90. The molecule has 2 rings (SSSR count). The summed E-state index contributed by atoms with van der Waals surface area (Å²) < 4.78 is 13.7. The Hall–Kier alpha value is -1.11. The number of ketones is 1. The number of likely N-dealkylation sites (tertiary alicyclic amines) is 1. The molecule has 1 aromatic rings. The highest BCUT2D eigenvalue weighted by Gasteiger charge is 2.34. The van der Waals surface area contributed by atoms with Crippen LogP contribution in [0.2, 0.25) is 0 Å². The molecule has 1 fully saturated rings. The van der Waals surface area contributed by atoms with Crippen LogP contribution in [0.4, 0.5) is 4.39 Å². The van der Waals surface area contributed by atoms with E-state index >= 15 is 0 Å². The number of halogens is 2. The normalized spacial score (nSPS) is 20.3. The Kier molecular flexibility index (Phi) is 7.04. The first-order valence-corrected chi connectivity index (χ1v) is 8.24. The SMILES string of the molecule is CC(=O)c1ccc(SCC(=O)N2CCC(C)(CN)C2)cc1F.Cl. The summed E-state index contributed by atoms with van der Waals surface area (Å²) in [7, 11) is 0. The van der Waals surface area contributed by atoms with Crippen LogP contribution in [-0.2, 0) is 4.79 Å². The second-order valence-electron chi connectivity index (χ2n) is 6.07. The number of carbonyl (C=O) groups is 2. The van der Waals surface area contributed by atoms with Gasteiger partial charge < -0.3 is 10.6 Å². The number of nitrogens with zero attached hydrogens (tertiary/aromatic N) is 1. The molecule has 0 radical (unpaired) electrons. The summed E-state index contributed by atoms with van der Waals surface area (Å²) in [6, 6.07) is 4.44. The van der Waals surface area contributed by atoms with Gasteiger partial charge in [0.05, 0.1) is 11.3 Å². The van der Waals surface area contributed by atoms with Crippen LogP contribution < -0.4 is 5.73 Å². The van der Waals surface area contributed by atoms with Crippen LogP contribution in [-0.4, -0.2) is 42.0 Å². The molecule has 0 aliphatic carbocycles. The van der Waals surface area contributed by atoms with Crippen LogP contribution in [0, 0.1) is 11.2 Å². The van der Waals surface area contributed by atoms with Crippen molar-refractivity contribution in [1.82, 2.24) is 4.90 Å². The van der Waals surface area contributed by atoms with E-state index < -0.39 is 5.82 Å². The fraction of sp³-hybridized carbons (Fsp3) is 0.500. The van der Waals surface area contributed by atoms with Crippen molar-refractivity contribution in [2.24, 2.45) is 11.1 Å². The van der Waals surface area contributed by atoms with Gasteiger partial charge >= 0.3 is 0 Å². The summed E-state index contributed by atoms with van der Waals surface area (Å²) in [5.41, 5.74) is 5.83. The Bertz CT molecular complexity index is 599.